The van der Waals surface area contributed by atoms with E-state index in [-0.39, 0.29) is 17.9 Å². The number of rotatable bonds is 2. The molecule has 1 aromatic rings. The van der Waals surface area contributed by atoms with Gasteiger partial charge in [0.15, 0.2) is 0 Å². The van der Waals surface area contributed by atoms with Gasteiger partial charge in [0.2, 0.25) is 5.91 Å². The molecular formula is C16H19N3O3. The smallest absolute Gasteiger partial charge is 0.407 e. The van der Waals surface area contributed by atoms with Crippen molar-refractivity contribution < 1.29 is 14.7 Å². The Morgan fingerprint density at radius 1 is 1.14 bits per heavy atom. The Labute approximate surface area is 129 Å². The summed E-state index contributed by atoms with van der Waals surface area (Å²) in [6.07, 6.45) is 2.73. The zero-order valence-corrected chi connectivity index (χ0v) is 12.3. The lowest BCUT2D eigenvalue weighted by Crippen LogP contribution is -2.42. The maximum Gasteiger partial charge on any atom is 0.407 e. The lowest BCUT2D eigenvalue weighted by Gasteiger charge is -2.32. The number of amides is 2. The normalized spacial score (nSPS) is 22.1. The molecule has 2 heterocycles. The molecule has 1 fully saturated rings. The van der Waals surface area contributed by atoms with E-state index >= 15 is 0 Å². The first-order chi connectivity index (χ1) is 10.7. The summed E-state index contributed by atoms with van der Waals surface area (Å²) < 4.78 is 0. The van der Waals surface area contributed by atoms with Crippen molar-refractivity contribution in [1.82, 2.24) is 9.91 Å². The number of piperidine rings is 1. The fourth-order valence-corrected chi connectivity index (χ4v) is 3.08. The first-order valence-corrected chi connectivity index (χ1v) is 7.55. The molecule has 0 aliphatic carbocycles. The van der Waals surface area contributed by atoms with Crippen LogP contribution >= 0.6 is 0 Å². The second-order valence-corrected chi connectivity index (χ2v) is 5.69. The van der Waals surface area contributed by atoms with Crippen LogP contribution in [0.2, 0.25) is 0 Å². The van der Waals surface area contributed by atoms with Crippen LogP contribution in [-0.2, 0) is 4.79 Å². The molecule has 2 aliphatic heterocycles. The number of hydrazone groups is 1. The fraction of sp³-hybridized carbons (Fsp3) is 0.438. The van der Waals surface area contributed by atoms with Crippen LogP contribution in [0.3, 0.4) is 0 Å². The van der Waals surface area contributed by atoms with Crippen molar-refractivity contribution >= 4 is 18.2 Å². The van der Waals surface area contributed by atoms with E-state index in [1.807, 2.05) is 30.3 Å². The van der Waals surface area contributed by atoms with Crippen LogP contribution in [-0.4, -0.2) is 46.3 Å². The van der Waals surface area contributed by atoms with Crippen LogP contribution in [0, 0.1) is 5.92 Å². The van der Waals surface area contributed by atoms with E-state index in [2.05, 4.69) is 5.10 Å². The van der Waals surface area contributed by atoms with Gasteiger partial charge in [-0.25, -0.2) is 9.80 Å². The molecule has 6 nitrogen and oxygen atoms in total. The van der Waals surface area contributed by atoms with Gasteiger partial charge in [-0.15, -0.1) is 0 Å². The highest BCUT2D eigenvalue weighted by molar-refractivity contribution is 5.82. The SMILES string of the molecule is O=C(O)N1CCC(C(=O)N2N=CCC2c2ccccc2)CC1. The molecule has 0 aromatic heterocycles. The summed E-state index contributed by atoms with van der Waals surface area (Å²) in [6.45, 7) is 0.832. The van der Waals surface area contributed by atoms with E-state index in [1.54, 1.807) is 11.2 Å². The molecule has 1 aromatic carbocycles. The van der Waals surface area contributed by atoms with E-state index in [0.29, 0.717) is 25.9 Å². The number of carboxylic acid groups (broad SMARTS) is 1. The summed E-state index contributed by atoms with van der Waals surface area (Å²) in [5, 5.41) is 14.8. The minimum absolute atomic E-state index is 0.00708. The molecule has 1 unspecified atom stereocenters. The number of carbonyl (C=O) groups is 2. The predicted octanol–water partition coefficient (Wildman–Crippen LogP) is 2.34. The largest absolute Gasteiger partial charge is 0.465 e. The quantitative estimate of drug-likeness (QED) is 0.911. The molecule has 0 radical (unpaired) electrons. The summed E-state index contributed by atoms with van der Waals surface area (Å²) in [7, 11) is 0. The standard InChI is InChI=1S/C16H19N3O3/c20-15(13-7-10-18(11-8-13)16(21)22)19-14(6-9-17-19)12-4-2-1-3-5-12/h1-5,9,13-14H,6-8,10-11H2,(H,21,22). The van der Waals surface area contributed by atoms with Crippen LogP contribution in [0.4, 0.5) is 4.79 Å². The summed E-state index contributed by atoms with van der Waals surface area (Å²) in [6, 6.07) is 9.85. The van der Waals surface area contributed by atoms with Crippen molar-refractivity contribution in [3.63, 3.8) is 0 Å². The topological polar surface area (TPSA) is 73.2 Å². The molecule has 116 valence electrons. The maximum absolute atomic E-state index is 12.7. The zero-order valence-electron chi connectivity index (χ0n) is 12.3. The second-order valence-electron chi connectivity index (χ2n) is 5.69. The van der Waals surface area contributed by atoms with E-state index in [4.69, 9.17) is 5.11 Å². The van der Waals surface area contributed by atoms with Gasteiger partial charge in [0.05, 0.1) is 6.04 Å². The Bertz CT molecular complexity index is 580. The Kier molecular flexibility index (Phi) is 4.09. The van der Waals surface area contributed by atoms with Gasteiger partial charge in [0.1, 0.15) is 0 Å². The van der Waals surface area contributed by atoms with Crippen molar-refractivity contribution in [3.8, 4) is 0 Å². The van der Waals surface area contributed by atoms with Crippen molar-refractivity contribution in [1.29, 1.82) is 0 Å². The minimum Gasteiger partial charge on any atom is -0.465 e. The van der Waals surface area contributed by atoms with Crippen LogP contribution in [0.5, 0.6) is 0 Å². The lowest BCUT2D eigenvalue weighted by molar-refractivity contribution is -0.138. The van der Waals surface area contributed by atoms with Gasteiger partial charge in [-0.1, -0.05) is 30.3 Å². The number of benzene rings is 1. The zero-order chi connectivity index (χ0) is 15.5. The highest BCUT2D eigenvalue weighted by Crippen LogP contribution is 2.31. The average molecular weight is 301 g/mol. The Hall–Kier alpha value is -2.37. The van der Waals surface area contributed by atoms with Crippen LogP contribution in [0.1, 0.15) is 30.9 Å². The third-order valence-electron chi connectivity index (χ3n) is 4.35. The van der Waals surface area contributed by atoms with Gasteiger partial charge in [0, 0.05) is 31.6 Å². The van der Waals surface area contributed by atoms with Crippen LogP contribution in [0.15, 0.2) is 35.4 Å². The van der Waals surface area contributed by atoms with E-state index in [9.17, 15) is 9.59 Å². The Morgan fingerprint density at radius 3 is 2.45 bits per heavy atom. The third kappa shape index (κ3) is 2.81. The van der Waals surface area contributed by atoms with Gasteiger partial charge in [-0.05, 0) is 18.4 Å². The van der Waals surface area contributed by atoms with Gasteiger partial charge in [0.25, 0.3) is 0 Å². The number of likely N-dealkylation sites (tertiary alicyclic amines) is 1. The van der Waals surface area contributed by atoms with Gasteiger partial charge in [-0.2, -0.15) is 5.10 Å². The Balaban J connectivity index is 1.67. The molecule has 3 rings (SSSR count). The first kappa shape index (κ1) is 14.6. The van der Waals surface area contributed by atoms with Crippen molar-refractivity contribution in [2.24, 2.45) is 11.0 Å². The van der Waals surface area contributed by atoms with Gasteiger partial charge >= 0.3 is 6.09 Å². The highest BCUT2D eigenvalue weighted by Gasteiger charge is 2.35. The number of carbonyl (C=O) groups excluding carboxylic acids is 1. The number of nitrogens with zero attached hydrogens (tertiary/aromatic N) is 3. The third-order valence-corrected chi connectivity index (χ3v) is 4.35. The number of hydrogen-bond donors (Lipinski definition) is 1. The van der Waals surface area contributed by atoms with Crippen molar-refractivity contribution in [2.75, 3.05) is 13.1 Å². The number of hydrogen-bond acceptors (Lipinski definition) is 3. The monoisotopic (exact) mass is 301 g/mol. The van der Waals surface area contributed by atoms with Gasteiger partial charge < -0.3 is 10.0 Å². The molecule has 0 saturated carbocycles. The molecule has 1 N–H and O–H groups in total. The lowest BCUT2D eigenvalue weighted by atomic mass is 9.94. The molecule has 1 atom stereocenters. The van der Waals surface area contributed by atoms with E-state index in [1.165, 1.54) is 4.90 Å². The molecule has 2 aliphatic rings. The van der Waals surface area contributed by atoms with E-state index < -0.39 is 6.09 Å². The van der Waals surface area contributed by atoms with E-state index in [0.717, 1.165) is 12.0 Å². The summed E-state index contributed by atoms with van der Waals surface area (Å²) in [4.78, 5) is 25.0. The van der Waals surface area contributed by atoms with Crippen LogP contribution < -0.4 is 0 Å². The first-order valence-electron chi connectivity index (χ1n) is 7.55. The highest BCUT2D eigenvalue weighted by atomic mass is 16.4. The van der Waals surface area contributed by atoms with Gasteiger partial charge in [-0.3, -0.25) is 4.79 Å². The molecule has 6 heteroatoms. The average Bonchev–Trinajstić information content (AvgIpc) is 3.04. The molecule has 22 heavy (non-hydrogen) atoms. The summed E-state index contributed by atoms with van der Waals surface area (Å²) in [5.41, 5.74) is 1.08. The summed E-state index contributed by atoms with van der Waals surface area (Å²) in [5.74, 6) is -0.135. The minimum atomic E-state index is -0.910. The second kappa shape index (κ2) is 6.17. The fourth-order valence-electron chi connectivity index (χ4n) is 3.08. The summed E-state index contributed by atoms with van der Waals surface area (Å²) >= 11 is 0. The molecule has 0 spiro atoms. The molecular weight excluding hydrogens is 282 g/mol. The predicted molar refractivity (Wildman–Crippen MR) is 81.5 cm³/mol. The maximum atomic E-state index is 12.7. The molecule has 0 bridgehead atoms. The van der Waals surface area contributed by atoms with Crippen LogP contribution in [0.25, 0.3) is 0 Å². The van der Waals surface area contributed by atoms with Crippen molar-refractivity contribution in [3.05, 3.63) is 35.9 Å². The molecule has 2 amide bonds. The van der Waals surface area contributed by atoms with Crippen molar-refractivity contribution in [2.45, 2.75) is 25.3 Å². The Morgan fingerprint density at radius 2 is 1.82 bits per heavy atom. The molecule has 1 saturated heterocycles.